The van der Waals surface area contributed by atoms with Gasteiger partial charge in [-0.1, -0.05) is 18.1 Å². The fourth-order valence-corrected chi connectivity index (χ4v) is 5.09. The quantitative estimate of drug-likeness (QED) is 0.140. The summed E-state index contributed by atoms with van der Waals surface area (Å²) in [4.78, 5) is 77.1. The average molecular weight is 647 g/mol. The number of rotatable bonds is 13. The van der Waals surface area contributed by atoms with Gasteiger partial charge in [-0.15, -0.1) is 6.42 Å². The molecule has 1 aromatic rings. The second-order valence-corrected chi connectivity index (χ2v) is 10.3. The van der Waals surface area contributed by atoms with E-state index in [1.807, 2.05) is 0 Å². The predicted octanol–water partition coefficient (Wildman–Crippen LogP) is 1.19. The van der Waals surface area contributed by atoms with E-state index in [0.29, 0.717) is 24.3 Å². The Bertz CT molecular complexity index is 1340. The average Bonchev–Trinajstić information content (AvgIpc) is 3.26. The number of anilines is 1. The molecule has 2 fully saturated rings. The Morgan fingerprint density at radius 3 is 2.11 bits per heavy atom. The van der Waals surface area contributed by atoms with Gasteiger partial charge in [0, 0.05) is 46.0 Å². The fraction of sp³-hybridized carbons (Fsp3) is 0.548. The summed E-state index contributed by atoms with van der Waals surface area (Å²) in [7, 11) is 0. The summed E-state index contributed by atoms with van der Waals surface area (Å²) in [6.07, 6.45) is 1.34. The summed E-state index contributed by atoms with van der Waals surface area (Å²) in [5, 5.41) is 2.77. The van der Waals surface area contributed by atoms with Crippen molar-refractivity contribution in [2.75, 3.05) is 37.8 Å². The smallest absolute Gasteiger partial charge is 0.350 e. The molecule has 15 heteroatoms. The highest BCUT2D eigenvalue weighted by atomic mass is 16.8. The van der Waals surface area contributed by atoms with E-state index in [2.05, 4.69) is 11.2 Å². The summed E-state index contributed by atoms with van der Waals surface area (Å²) in [6, 6.07) is 6.27. The van der Waals surface area contributed by atoms with Crippen LogP contribution in [0.3, 0.4) is 0 Å². The molecule has 0 saturated carbocycles. The SMILES string of the molecule is C#C[C@@]1(OC(C)=O)[C@@H](COC(Cc2ccc(N3CCCNC3=O)cc2)(C(=O)OCC)C(=O)OCC)OC(OC(C)=O)[C@@H]1OC(C)=O. The van der Waals surface area contributed by atoms with Crippen LogP contribution in [0.2, 0.25) is 0 Å². The Morgan fingerprint density at radius 1 is 1.00 bits per heavy atom. The molecule has 1 aromatic carbocycles. The van der Waals surface area contributed by atoms with E-state index >= 15 is 0 Å². The van der Waals surface area contributed by atoms with Crippen LogP contribution in [0.15, 0.2) is 24.3 Å². The Morgan fingerprint density at radius 2 is 1.61 bits per heavy atom. The van der Waals surface area contributed by atoms with Crippen molar-refractivity contribution in [3.8, 4) is 12.3 Å². The van der Waals surface area contributed by atoms with Gasteiger partial charge in [0.25, 0.3) is 5.60 Å². The zero-order valence-electron chi connectivity index (χ0n) is 26.3. The first kappa shape index (κ1) is 35.8. The van der Waals surface area contributed by atoms with E-state index in [9.17, 15) is 28.8 Å². The molecule has 2 saturated heterocycles. The Kier molecular flexibility index (Phi) is 12.1. The molecule has 0 aliphatic carbocycles. The molecule has 3 rings (SSSR count). The van der Waals surface area contributed by atoms with Crippen LogP contribution >= 0.6 is 0 Å². The van der Waals surface area contributed by atoms with E-state index in [-0.39, 0.29) is 19.2 Å². The van der Waals surface area contributed by atoms with Crippen LogP contribution in [0.1, 0.15) is 46.6 Å². The number of hydrogen-bond acceptors (Lipinski definition) is 13. The van der Waals surface area contributed by atoms with Gasteiger partial charge in [-0.2, -0.15) is 0 Å². The standard InChI is InChI=1S/C31H38N2O13/c1-7-30(46-21(6)36)24(45-26(44-20(5)35)25(30)43-19(4)34)18-42-31(27(37)40-8-2,28(38)41-9-3)17-22-11-13-23(14-12-22)33-16-10-15-32-29(33)39/h1,11-14,24-26H,8-10,15-18H2,2-6H3,(H,32,39)/t24-,25+,26?,30-/m1/s1. The number of amides is 2. The van der Waals surface area contributed by atoms with Gasteiger partial charge in [0.15, 0.2) is 0 Å². The van der Waals surface area contributed by atoms with Crippen molar-refractivity contribution in [1.82, 2.24) is 5.32 Å². The maximum Gasteiger partial charge on any atom is 0.350 e. The molecule has 0 aromatic heterocycles. The summed E-state index contributed by atoms with van der Waals surface area (Å²) in [5.74, 6) is -2.54. The number of urea groups is 1. The van der Waals surface area contributed by atoms with Crippen LogP contribution in [0.4, 0.5) is 10.5 Å². The minimum Gasteiger partial charge on any atom is -0.463 e. The lowest BCUT2D eigenvalue weighted by Crippen LogP contribution is -2.57. The molecule has 1 N–H and O–H groups in total. The van der Waals surface area contributed by atoms with Crippen LogP contribution in [-0.4, -0.2) is 98.5 Å². The second-order valence-electron chi connectivity index (χ2n) is 10.3. The summed E-state index contributed by atoms with van der Waals surface area (Å²) in [5.41, 5.74) is -3.64. The van der Waals surface area contributed by atoms with Crippen LogP contribution < -0.4 is 10.2 Å². The van der Waals surface area contributed by atoms with Crippen molar-refractivity contribution in [2.45, 2.75) is 77.2 Å². The normalized spacial score (nSPS) is 22.6. The summed E-state index contributed by atoms with van der Waals surface area (Å²) < 4.78 is 38.3. The van der Waals surface area contributed by atoms with E-state index in [4.69, 9.17) is 39.6 Å². The molecule has 4 atom stereocenters. The summed E-state index contributed by atoms with van der Waals surface area (Å²) >= 11 is 0. The molecule has 46 heavy (non-hydrogen) atoms. The number of nitrogens with zero attached hydrogens (tertiary/aromatic N) is 1. The van der Waals surface area contributed by atoms with Gasteiger partial charge in [-0.05, 0) is 38.0 Å². The Hall–Kier alpha value is -4.68. The molecule has 250 valence electrons. The van der Waals surface area contributed by atoms with Crippen molar-refractivity contribution in [3.63, 3.8) is 0 Å². The lowest BCUT2D eigenvalue weighted by atomic mass is 9.91. The van der Waals surface area contributed by atoms with Gasteiger partial charge in [0.1, 0.15) is 6.10 Å². The van der Waals surface area contributed by atoms with Crippen LogP contribution in [0, 0.1) is 12.3 Å². The number of carbonyl (C=O) groups excluding carboxylic acids is 6. The van der Waals surface area contributed by atoms with E-state index < -0.39 is 72.6 Å². The van der Waals surface area contributed by atoms with E-state index in [0.717, 1.165) is 27.2 Å². The van der Waals surface area contributed by atoms with Gasteiger partial charge < -0.3 is 38.5 Å². The molecule has 15 nitrogen and oxygen atoms in total. The molecular weight excluding hydrogens is 608 g/mol. The van der Waals surface area contributed by atoms with Crippen LogP contribution in [0.25, 0.3) is 0 Å². The Balaban J connectivity index is 2.04. The number of esters is 5. The van der Waals surface area contributed by atoms with Crippen molar-refractivity contribution >= 4 is 41.6 Å². The number of terminal acetylenes is 1. The first-order chi connectivity index (χ1) is 21.8. The number of carbonyl (C=O) groups is 6. The zero-order valence-corrected chi connectivity index (χ0v) is 26.3. The number of benzene rings is 1. The maximum atomic E-state index is 13.6. The molecule has 0 radical (unpaired) electrons. The minimum absolute atomic E-state index is 0.128. The largest absolute Gasteiger partial charge is 0.463 e. The lowest BCUT2D eigenvalue weighted by Gasteiger charge is -2.34. The monoisotopic (exact) mass is 646 g/mol. The molecule has 2 heterocycles. The van der Waals surface area contributed by atoms with E-state index in [1.165, 1.54) is 13.8 Å². The van der Waals surface area contributed by atoms with Crippen molar-refractivity contribution in [2.24, 2.45) is 0 Å². The molecule has 2 aliphatic heterocycles. The fourth-order valence-electron chi connectivity index (χ4n) is 5.09. The third kappa shape index (κ3) is 7.93. The minimum atomic E-state index is -2.44. The van der Waals surface area contributed by atoms with Gasteiger partial charge in [-0.25, -0.2) is 14.4 Å². The topological polar surface area (TPSA) is 182 Å². The van der Waals surface area contributed by atoms with Crippen molar-refractivity contribution in [1.29, 1.82) is 0 Å². The molecule has 2 amide bonds. The maximum absolute atomic E-state index is 13.6. The molecular formula is C31H38N2O13. The van der Waals surface area contributed by atoms with E-state index in [1.54, 1.807) is 29.2 Å². The zero-order chi connectivity index (χ0) is 34.1. The molecule has 2 aliphatic rings. The highest BCUT2D eigenvalue weighted by Gasteiger charge is 2.64. The third-order valence-electron chi connectivity index (χ3n) is 7.03. The predicted molar refractivity (Wildman–Crippen MR) is 157 cm³/mol. The second kappa shape index (κ2) is 15.5. The van der Waals surface area contributed by atoms with Crippen molar-refractivity contribution in [3.05, 3.63) is 29.8 Å². The lowest BCUT2D eigenvalue weighted by molar-refractivity contribution is -0.206. The first-order valence-corrected chi connectivity index (χ1v) is 14.6. The van der Waals surface area contributed by atoms with Crippen LogP contribution in [-0.2, 0) is 63.6 Å². The number of nitrogens with one attached hydrogen (secondary N) is 1. The molecule has 0 spiro atoms. The van der Waals surface area contributed by atoms with Crippen molar-refractivity contribution < 1.29 is 61.9 Å². The Labute approximate surface area is 266 Å². The van der Waals surface area contributed by atoms with Gasteiger partial charge in [0.05, 0.1) is 19.8 Å². The number of ether oxygens (including phenoxy) is 7. The molecule has 1 unspecified atom stereocenters. The van der Waals surface area contributed by atoms with Gasteiger partial charge >= 0.3 is 35.9 Å². The summed E-state index contributed by atoms with van der Waals surface area (Å²) in [6.45, 7) is 6.31. The van der Waals surface area contributed by atoms with Crippen LogP contribution in [0.5, 0.6) is 0 Å². The highest BCUT2D eigenvalue weighted by molar-refractivity contribution is 6.04. The first-order valence-electron chi connectivity index (χ1n) is 14.6. The van der Waals surface area contributed by atoms with Gasteiger partial charge in [0.2, 0.25) is 18.0 Å². The molecule has 0 bridgehead atoms. The highest BCUT2D eigenvalue weighted by Crippen LogP contribution is 2.39. The number of hydrogen-bond donors (Lipinski definition) is 1. The third-order valence-corrected chi connectivity index (χ3v) is 7.03. The van der Waals surface area contributed by atoms with Gasteiger partial charge in [-0.3, -0.25) is 19.3 Å².